The number of nitro groups is 1. The second-order valence-corrected chi connectivity index (χ2v) is 14.2. The Balaban J connectivity index is 0.965. The Kier molecular flexibility index (Phi) is 10.5. The Bertz CT molecular complexity index is 1800. The highest BCUT2D eigenvalue weighted by molar-refractivity contribution is 8.01. The third-order valence-electron chi connectivity index (χ3n) is 8.61. The molecule has 0 radical (unpaired) electrons. The van der Waals surface area contributed by atoms with Crippen LogP contribution in [0.15, 0.2) is 93.5 Å². The summed E-state index contributed by atoms with van der Waals surface area (Å²) >= 11 is 2.64. The third-order valence-corrected chi connectivity index (χ3v) is 10.9. The van der Waals surface area contributed by atoms with Crippen LogP contribution in [0.3, 0.4) is 0 Å². The second-order valence-electron chi connectivity index (χ2n) is 11.8. The molecule has 2 aliphatic rings. The first-order valence-corrected chi connectivity index (χ1v) is 17.5. The lowest BCUT2D eigenvalue weighted by Crippen LogP contribution is -2.47. The van der Waals surface area contributed by atoms with E-state index in [1.54, 1.807) is 19.1 Å². The predicted octanol–water partition coefficient (Wildman–Crippen LogP) is 8.10. The Morgan fingerprint density at radius 1 is 0.917 bits per heavy atom. The number of para-hydroxylation sites is 1. The summed E-state index contributed by atoms with van der Waals surface area (Å²) < 4.78 is 46.2. The van der Waals surface area contributed by atoms with Crippen molar-refractivity contribution in [1.82, 2.24) is 9.80 Å². The normalized spacial score (nSPS) is 16.0. The maximum atomic E-state index is 13.5. The number of carbonyl (C=O) groups is 1. The summed E-state index contributed by atoms with van der Waals surface area (Å²) in [6, 6.07) is 22.4. The van der Waals surface area contributed by atoms with Gasteiger partial charge in [-0.25, -0.2) is 0 Å². The number of carbonyl (C=O) groups excluding carboxylic acids is 1. The Morgan fingerprint density at radius 2 is 1.60 bits per heavy atom. The predicted molar refractivity (Wildman–Crippen MR) is 183 cm³/mol. The minimum atomic E-state index is -4.40. The molecule has 252 valence electrons. The number of thioether (sulfide) groups is 1. The average molecular weight is 697 g/mol. The molecular weight excluding hydrogens is 662 g/mol. The van der Waals surface area contributed by atoms with E-state index >= 15 is 0 Å². The molecule has 8 nitrogen and oxygen atoms in total. The molecule has 1 fully saturated rings. The van der Waals surface area contributed by atoms with Gasteiger partial charge in [-0.3, -0.25) is 19.8 Å². The highest BCUT2D eigenvalue weighted by atomic mass is 32.2. The number of piperazine rings is 1. The van der Waals surface area contributed by atoms with Crippen LogP contribution in [0.1, 0.15) is 18.9 Å². The van der Waals surface area contributed by atoms with Gasteiger partial charge in [-0.1, -0.05) is 48.2 Å². The number of hydrogen-bond donors (Lipinski definition) is 0. The zero-order valence-corrected chi connectivity index (χ0v) is 28.0. The van der Waals surface area contributed by atoms with E-state index in [1.807, 2.05) is 53.4 Å². The fourth-order valence-electron chi connectivity index (χ4n) is 6.05. The van der Waals surface area contributed by atoms with E-state index in [2.05, 4.69) is 9.80 Å². The Morgan fingerprint density at radius 3 is 2.35 bits per heavy atom. The van der Waals surface area contributed by atoms with Crippen LogP contribution in [0.25, 0.3) is 10.8 Å². The quantitative estimate of drug-likeness (QED) is 0.0669. The van der Waals surface area contributed by atoms with Crippen LogP contribution in [0.5, 0.6) is 0 Å². The summed E-state index contributed by atoms with van der Waals surface area (Å²) in [4.78, 5) is 33.0. The van der Waals surface area contributed by atoms with Crippen molar-refractivity contribution in [3.8, 4) is 0 Å². The van der Waals surface area contributed by atoms with E-state index in [4.69, 9.17) is 4.74 Å². The molecule has 2 aliphatic heterocycles. The molecule has 2 heterocycles. The molecule has 0 amide bonds. The first kappa shape index (κ1) is 34.1. The lowest BCUT2D eigenvalue weighted by molar-refractivity contribution is -0.387. The second kappa shape index (κ2) is 14.8. The van der Waals surface area contributed by atoms with Crippen LogP contribution in [-0.4, -0.2) is 78.4 Å². The molecule has 1 unspecified atom stereocenters. The largest absolute Gasteiger partial charge is 0.463 e. The number of anilines is 2. The molecule has 0 aromatic heterocycles. The molecule has 0 N–H and O–H groups in total. The summed E-state index contributed by atoms with van der Waals surface area (Å²) in [6.07, 6.45) is -3.62. The number of benzene rings is 4. The van der Waals surface area contributed by atoms with Crippen LogP contribution < -0.4 is 4.90 Å². The molecule has 4 aromatic rings. The molecule has 48 heavy (non-hydrogen) atoms. The van der Waals surface area contributed by atoms with Gasteiger partial charge in [-0.15, -0.1) is 11.8 Å². The summed E-state index contributed by atoms with van der Waals surface area (Å²) in [5, 5.41) is 12.7. The van der Waals surface area contributed by atoms with Gasteiger partial charge < -0.3 is 14.5 Å². The SMILES string of the molecule is CC(Sc1c([N+](=O)[O-])ccc2ccccc12)C(=O)OCCN1CCN(CCCN2c3ccccc3Sc3ccc(C(F)(F)F)cc32)CC1. The third kappa shape index (κ3) is 7.75. The van der Waals surface area contributed by atoms with E-state index in [9.17, 15) is 28.1 Å². The molecule has 0 spiro atoms. The van der Waals surface area contributed by atoms with Gasteiger partial charge in [0.25, 0.3) is 5.69 Å². The van der Waals surface area contributed by atoms with E-state index in [0.717, 1.165) is 83.2 Å². The van der Waals surface area contributed by atoms with Crippen LogP contribution >= 0.6 is 23.5 Å². The molecule has 6 rings (SSSR count). The van der Waals surface area contributed by atoms with Crippen molar-refractivity contribution in [3.05, 3.63) is 94.5 Å². The van der Waals surface area contributed by atoms with Crippen LogP contribution in [0, 0.1) is 10.1 Å². The fraction of sp³-hybridized carbons (Fsp3) is 0.343. The number of rotatable bonds is 11. The molecule has 4 aromatic carbocycles. The molecule has 0 saturated carbocycles. The van der Waals surface area contributed by atoms with Gasteiger partial charge in [-0.2, -0.15) is 13.2 Å². The van der Waals surface area contributed by atoms with Crippen molar-refractivity contribution in [2.45, 2.75) is 39.5 Å². The van der Waals surface area contributed by atoms with Gasteiger partial charge in [0.1, 0.15) is 11.9 Å². The topological polar surface area (TPSA) is 79.2 Å². The van der Waals surface area contributed by atoms with Crippen LogP contribution in [-0.2, 0) is 15.7 Å². The van der Waals surface area contributed by atoms with Crippen LogP contribution in [0.4, 0.5) is 30.2 Å². The minimum absolute atomic E-state index is 0.0311. The van der Waals surface area contributed by atoms with E-state index in [-0.39, 0.29) is 12.3 Å². The molecule has 1 saturated heterocycles. The van der Waals surface area contributed by atoms with Gasteiger partial charge in [0, 0.05) is 60.5 Å². The number of fused-ring (bicyclic) bond motifs is 3. The number of nitrogens with zero attached hydrogens (tertiary/aromatic N) is 4. The van der Waals surface area contributed by atoms with E-state index in [1.165, 1.54) is 23.9 Å². The smallest absolute Gasteiger partial charge is 0.416 e. The summed E-state index contributed by atoms with van der Waals surface area (Å²) in [7, 11) is 0. The minimum Gasteiger partial charge on any atom is -0.463 e. The lowest BCUT2D eigenvalue weighted by Gasteiger charge is -2.36. The van der Waals surface area contributed by atoms with Crippen LogP contribution in [0.2, 0.25) is 0 Å². The maximum Gasteiger partial charge on any atom is 0.416 e. The molecule has 0 bridgehead atoms. The van der Waals surface area contributed by atoms with Crippen molar-refractivity contribution in [2.75, 3.05) is 57.3 Å². The van der Waals surface area contributed by atoms with Crippen molar-refractivity contribution < 1.29 is 27.6 Å². The van der Waals surface area contributed by atoms with E-state index in [0.29, 0.717) is 23.7 Å². The number of halogens is 3. The van der Waals surface area contributed by atoms with Crippen molar-refractivity contribution in [2.24, 2.45) is 0 Å². The monoisotopic (exact) mass is 696 g/mol. The Labute approximate surface area is 285 Å². The Hall–Kier alpha value is -3.78. The lowest BCUT2D eigenvalue weighted by atomic mass is 10.1. The highest BCUT2D eigenvalue weighted by Gasteiger charge is 2.33. The molecule has 1 atom stereocenters. The summed E-state index contributed by atoms with van der Waals surface area (Å²) in [6.45, 7) is 7.23. The number of hydrogen-bond acceptors (Lipinski definition) is 9. The fourth-order valence-corrected chi connectivity index (χ4v) is 8.22. The van der Waals surface area contributed by atoms with Gasteiger partial charge in [0.2, 0.25) is 0 Å². The van der Waals surface area contributed by atoms with Gasteiger partial charge >= 0.3 is 12.1 Å². The van der Waals surface area contributed by atoms with Gasteiger partial charge in [0.15, 0.2) is 0 Å². The first-order valence-electron chi connectivity index (χ1n) is 15.8. The summed E-state index contributed by atoms with van der Waals surface area (Å²) in [5.74, 6) is -0.414. The van der Waals surface area contributed by atoms with Gasteiger partial charge in [0.05, 0.1) is 26.8 Å². The standard InChI is InChI=1S/C35H35F3N4O4S2/c1-24(47-33-27-8-3-2-7-25(27)11-13-29(33)42(44)45)34(43)46-22-21-40-19-17-39(18-20-40)15-6-16-41-28-9-4-5-10-31(28)48-32-14-12-26(23-30(32)41)35(36,37)38/h2-5,7-14,23-24H,6,15-22H2,1H3. The van der Waals surface area contributed by atoms with Crippen molar-refractivity contribution in [1.29, 1.82) is 0 Å². The molecule has 0 aliphatic carbocycles. The maximum absolute atomic E-state index is 13.5. The number of ether oxygens (including phenoxy) is 1. The molecule has 13 heteroatoms. The highest BCUT2D eigenvalue weighted by Crippen LogP contribution is 2.49. The zero-order chi connectivity index (χ0) is 33.8. The zero-order valence-electron chi connectivity index (χ0n) is 26.3. The average Bonchev–Trinajstić information content (AvgIpc) is 3.08. The number of alkyl halides is 3. The van der Waals surface area contributed by atoms with Gasteiger partial charge in [-0.05, 0) is 61.7 Å². The number of esters is 1. The van der Waals surface area contributed by atoms with Crippen molar-refractivity contribution >= 4 is 57.3 Å². The van der Waals surface area contributed by atoms with Crippen molar-refractivity contribution in [3.63, 3.8) is 0 Å². The molecular formula is C35H35F3N4O4S2. The summed E-state index contributed by atoms with van der Waals surface area (Å²) in [5.41, 5.74) is 0.846. The van der Waals surface area contributed by atoms with E-state index < -0.39 is 27.9 Å². The number of nitro benzene ring substituents is 1. The first-order chi connectivity index (χ1) is 23.1.